The first-order chi connectivity index (χ1) is 15.0. The van der Waals surface area contributed by atoms with Crippen LogP contribution in [-0.2, 0) is 0 Å². The van der Waals surface area contributed by atoms with Crippen LogP contribution in [0.4, 0.5) is 5.69 Å². The van der Waals surface area contributed by atoms with Crippen LogP contribution in [0.3, 0.4) is 0 Å². The van der Waals surface area contributed by atoms with Crippen molar-refractivity contribution in [3.8, 4) is 0 Å². The van der Waals surface area contributed by atoms with E-state index in [0.717, 1.165) is 58.4 Å². The molecule has 0 fully saturated rings. The molecular formula is C26H31BrClN3. The van der Waals surface area contributed by atoms with E-state index in [9.17, 15) is 0 Å². The molecule has 164 valence electrons. The van der Waals surface area contributed by atoms with Gasteiger partial charge in [0.2, 0.25) is 0 Å². The molecule has 1 aromatic heterocycles. The summed E-state index contributed by atoms with van der Waals surface area (Å²) in [6.45, 7) is 10.1. The van der Waals surface area contributed by atoms with Gasteiger partial charge in [0.1, 0.15) is 0 Å². The number of benzene rings is 2. The molecule has 0 aliphatic carbocycles. The fourth-order valence-corrected chi connectivity index (χ4v) is 4.29. The van der Waals surface area contributed by atoms with Crippen LogP contribution in [-0.4, -0.2) is 35.6 Å². The lowest BCUT2D eigenvalue weighted by molar-refractivity contribution is 0.295. The molecule has 3 aromatic rings. The summed E-state index contributed by atoms with van der Waals surface area (Å²) < 4.78 is 1.07. The molecule has 0 saturated carbocycles. The zero-order valence-electron chi connectivity index (χ0n) is 18.5. The zero-order chi connectivity index (χ0) is 22.2. The first kappa shape index (κ1) is 23.8. The van der Waals surface area contributed by atoms with Gasteiger partial charge in [-0.1, -0.05) is 65.7 Å². The predicted molar refractivity (Wildman–Crippen MR) is 140 cm³/mol. The number of rotatable bonds is 10. The fourth-order valence-electron chi connectivity index (χ4n) is 3.71. The molecule has 2 aromatic carbocycles. The third-order valence-corrected chi connectivity index (χ3v) is 6.50. The molecule has 0 radical (unpaired) electrons. The monoisotopic (exact) mass is 499 g/mol. The highest BCUT2D eigenvalue weighted by Crippen LogP contribution is 2.28. The lowest BCUT2D eigenvalue weighted by atomic mass is 10.1. The lowest BCUT2D eigenvalue weighted by Crippen LogP contribution is -2.25. The Morgan fingerprint density at radius 2 is 1.87 bits per heavy atom. The highest BCUT2D eigenvalue weighted by molar-refractivity contribution is 9.10. The van der Waals surface area contributed by atoms with Crippen LogP contribution in [0.5, 0.6) is 0 Å². The van der Waals surface area contributed by atoms with Gasteiger partial charge >= 0.3 is 0 Å². The van der Waals surface area contributed by atoms with Crippen molar-refractivity contribution in [1.82, 2.24) is 9.88 Å². The van der Waals surface area contributed by atoms with E-state index in [0.29, 0.717) is 11.1 Å². The Bertz CT molecular complexity index is 1030. The summed E-state index contributed by atoms with van der Waals surface area (Å²) >= 11 is 9.87. The largest absolute Gasteiger partial charge is 0.382 e. The van der Waals surface area contributed by atoms with Gasteiger partial charge in [-0.15, -0.1) is 0 Å². The second kappa shape index (κ2) is 11.7. The Hall–Kier alpha value is -1.88. The summed E-state index contributed by atoms with van der Waals surface area (Å²) in [7, 11) is 0. The van der Waals surface area contributed by atoms with Crippen LogP contribution in [0.2, 0.25) is 5.02 Å². The van der Waals surface area contributed by atoms with E-state index in [1.165, 1.54) is 6.42 Å². The smallest absolute Gasteiger partial charge is 0.0744 e. The third kappa shape index (κ3) is 6.80. The zero-order valence-corrected chi connectivity index (χ0v) is 20.9. The van der Waals surface area contributed by atoms with Gasteiger partial charge in [0.15, 0.2) is 0 Å². The second-order valence-corrected chi connectivity index (χ2v) is 9.12. The number of pyridine rings is 1. The van der Waals surface area contributed by atoms with Gasteiger partial charge in [0.05, 0.1) is 11.2 Å². The average Bonchev–Trinajstić information content (AvgIpc) is 2.76. The van der Waals surface area contributed by atoms with Gasteiger partial charge in [0, 0.05) is 26.6 Å². The van der Waals surface area contributed by atoms with Gasteiger partial charge in [-0.05, 0) is 81.4 Å². The predicted octanol–water partition coefficient (Wildman–Crippen LogP) is 7.74. The van der Waals surface area contributed by atoms with Crippen molar-refractivity contribution in [2.75, 3.05) is 25.0 Å². The van der Waals surface area contributed by atoms with Crippen LogP contribution >= 0.6 is 27.5 Å². The Kier molecular flexibility index (Phi) is 8.94. The maximum absolute atomic E-state index is 6.26. The summed E-state index contributed by atoms with van der Waals surface area (Å²) in [6, 6.07) is 16.6. The summed E-state index contributed by atoms with van der Waals surface area (Å²) in [4.78, 5) is 7.30. The molecule has 1 unspecified atom stereocenters. The number of nitrogens with zero attached hydrogens (tertiary/aromatic N) is 2. The number of aromatic nitrogens is 1. The van der Waals surface area contributed by atoms with Gasteiger partial charge in [0.25, 0.3) is 0 Å². The summed E-state index contributed by atoms with van der Waals surface area (Å²) in [5.41, 5.74) is 4.03. The first-order valence-corrected chi connectivity index (χ1v) is 12.2. The molecule has 1 heterocycles. The van der Waals surface area contributed by atoms with Crippen LogP contribution in [0, 0.1) is 0 Å². The SMILES string of the molecule is CCN(CC)CCCC(C)Nc1cc(/C=C/c2ccccc2Br)nc2cc(Cl)ccc12. The van der Waals surface area contributed by atoms with E-state index >= 15 is 0 Å². The molecule has 3 nitrogen and oxygen atoms in total. The minimum atomic E-state index is 0.372. The maximum atomic E-state index is 6.26. The van der Waals surface area contributed by atoms with Crippen molar-refractivity contribution in [3.63, 3.8) is 0 Å². The molecule has 1 atom stereocenters. The molecule has 0 saturated heterocycles. The molecule has 0 amide bonds. The van der Waals surface area contributed by atoms with Crippen molar-refractivity contribution >= 4 is 56.3 Å². The highest BCUT2D eigenvalue weighted by Gasteiger charge is 2.10. The third-order valence-electron chi connectivity index (χ3n) is 5.54. The molecule has 0 aliphatic heterocycles. The normalized spacial score (nSPS) is 12.7. The van der Waals surface area contributed by atoms with Gasteiger partial charge in [-0.3, -0.25) is 0 Å². The minimum absolute atomic E-state index is 0.372. The molecule has 3 rings (SSSR count). The van der Waals surface area contributed by atoms with E-state index < -0.39 is 0 Å². The maximum Gasteiger partial charge on any atom is 0.0744 e. The van der Waals surface area contributed by atoms with Gasteiger partial charge < -0.3 is 10.2 Å². The Balaban J connectivity index is 1.81. The lowest BCUT2D eigenvalue weighted by Gasteiger charge is -2.21. The molecule has 0 bridgehead atoms. The number of anilines is 1. The Morgan fingerprint density at radius 3 is 2.61 bits per heavy atom. The Labute approximate surface area is 199 Å². The number of fused-ring (bicyclic) bond motifs is 1. The van der Waals surface area contributed by atoms with E-state index in [1.807, 2.05) is 30.3 Å². The van der Waals surface area contributed by atoms with Crippen molar-refractivity contribution in [2.45, 2.75) is 39.7 Å². The van der Waals surface area contributed by atoms with Crippen molar-refractivity contribution < 1.29 is 0 Å². The van der Waals surface area contributed by atoms with Crippen LogP contribution in [0.15, 0.2) is 53.0 Å². The molecular weight excluding hydrogens is 470 g/mol. The quantitative estimate of drug-likeness (QED) is 0.308. The van der Waals surface area contributed by atoms with Crippen molar-refractivity contribution in [1.29, 1.82) is 0 Å². The minimum Gasteiger partial charge on any atom is -0.382 e. The first-order valence-electron chi connectivity index (χ1n) is 11.0. The summed E-state index contributed by atoms with van der Waals surface area (Å²) in [6.07, 6.45) is 6.44. The van der Waals surface area contributed by atoms with E-state index in [2.05, 4.69) is 77.3 Å². The van der Waals surface area contributed by atoms with Gasteiger partial charge in [-0.2, -0.15) is 0 Å². The van der Waals surface area contributed by atoms with Gasteiger partial charge in [-0.25, -0.2) is 4.98 Å². The molecule has 5 heteroatoms. The van der Waals surface area contributed by atoms with Crippen molar-refractivity contribution in [2.24, 2.45) is 0 Å². The van der Waals surface area contributed by atoms with Crippen LogP contribution < -0.4 is 5.32 Å². The van der Waals surface area contributed by atoms with Crippen LogP contribution in [0.25, 0.3) is 23.1 Å². The number of hydrogen-bond acceptors (Lipinski definition) is 3. The second-order valence-electron chi connectivity index (χ2n) is 7.83. The number of hydrogen-bond donors (Lipinski definition) is 1. The van der Waals surface area contributed by atoms with E-state index in [4.69, 9.17) is 16.6 Å². The summed E-state index contributed by atoms with van der Waals surface area (Å²) in [5.74, 6) is 0. The highest BCUT2D eigenvalue weighted by atomic mass is 79.9. The summed E-state index contributed by atoms with van der Waals surface area (Å²) in [5, 5.41) is 5.51. The molecule has 1 N–H and O–H groups in total. The van der Waals surface area contributed by atoms with Crippen LogP contribution in [0.1, 0.15) is 44.9 Å². The molecule has 0 aliphatic rings. The molecule has 0 spiro atoms. The number of nitrogens with one attached hydrogen (secondary N) is 1. The average molecular weight is 501 g/mol. The van der Waals surface area contributed by atoms with E-state index in [-0.39, 0.29) is 0 Å². The van der Waals surface area contributed by atoms with E-state index in [1.54, 1.807) is 0 Å². The molecule has 31 heavy (non-hydrogen) atoms. The number of halogens is 2. The van der Waals surface area contributed by atoms with Crippen molar-refractivity contribution in [3.05, 3.63) is 69.3 Å². The topological polar surface area (TPSA) is 28.2 Å². The standard InChI is InChI=1S/C26H31BrClN3/c1-4-31(5-2)16-8-9-19(3)29-26-18-22(14-12-20-10-6-7-11-24(20)27)30-25-17-21(28)13-15-23(25)26/h6-7,10-15,17-19H,4-5,8-9,16H2,1-3H3,(H,29,30)/b14-12+. The Morgan fingerprint density at radius 1 is 1.10 bits per heavy atom. The fraction of sp³-hybridized carbons (Fsp3) is 0.346.